The normalized spacial score (nSPS) is 15.9. The molecule has 0 spiro atoms. The Kier molecular flexibility index (Phi) is 7.77. The summed E-state index contributed by atoms with van der Waals surface area (Å²) >= 11 is 8.84. The van der Waals surface area contributed by atoms with Gasteiger partial charge in [0, 0.05) is 42.7 Å². The Bertz CT molecular complexity index is 1270. The van der Waals surface area contributed by atoms with Gasteiger partial charge in [0.2, 0.25) is 5.95 Å². The lowest BCUT2D eigenvalue weighted by Gasteiger charge is -2.32. The van der Waals surface area contributed by atoms with E-state index in [1.54, 1.807) is 19.3 Å². The molecule has 1 fully saturated rings. The van der Waals surface area contributed by atoms with Gasteiger partial charge in [-0.1, -0.05) is 34.2 Å². The lowest BCUT2D eigenvalue weighted by Crippen LogP contribution is -2.37. The number of benzene rings is 1. The summed E-state index contributed by atoms with van der Waals surface area (Å²) in [5.74, 6) is 1.60. The summed E-state index contributed by atoms with van der Waals surface area (Å²) in [6.45, 7) is 1.63. The maximum Gasteiger partial charge on any atom is 0.293 e. The second-order valence-corrected chi connectivity index (χ2v) is 9.50. The first kappa shape index (κ1) is 24.5. The molecule has 0 radical (unpaired) electrons. The molecule has 1 aliphatic rings. The molecule has 0 saturated carbocycles. The number of alkyl halides is 1. The van der Waals surface area contributed by atoms with Crippen molar-refractivity contribution < 1.29 is 9.53 Å². The van der Waals surface area contributed by atoms with Crippen molar-refractivity contribution in [3.8, 4) is 5.75 Å². The number of piperidine rings is 1. The summed E-state index contributed by atoms with van der Waals surface area (Å²) in [4.78, 5) is 35.5. The molecule has 1 aromatic carbocycles. The van der Waals surface area contributed by atoms with Crippen LogP contribution in [0.1, 0.15) is 12.8 Å². The first-order chi connectivity index (χ1) is 16.4. The number of carbonyl (C=O) groups is 1. The molecule has 34 heavy (non-hydrogen) atoms. The van der Waals surface area contributed by atoms with Gasteiger partial charge in [0.05, 0.1) is 11.7 Å². The van der Waals surface area contributed by atoms with Gasteiger partial charge in [-0.3, -0.25) is 9.59 Å². The van der Waals surface area contributed by atoms with Gasteiger partial charge in [0.15, 0.2) is 18.2 Å². The molecule has 11 heteroatoms. The minimum Gasteiger partial charge on any atom is -0.478 e. The third-order valence-electron chi connectivity index (χ3n) is 5.84. The van der Waals surface area contributed by atoms with E-state index in [2.05, 4.69) is 43.1 Å². The van der Waals surface area contributed by atoms with Crippen LogP contribution in [0, 0.1) is 5.92 Å². The van der Waals surface area contributed by atoms with Crippen LogP contribution in [-0.2, 0) is 11.8 Å². The molecule has 2 aromatic heterocycles. The largest absolute Gasteiger partial charge is 0.478 e. The monoisotopic (exact) mass is 596 g/mol. The number of fused-ring (bicyclic) bond motifs is 1. The van der Waals surface area contributed by atoms with Gasteiger partial charge in [-0.15, -0.1) is 0 Å². The Hall–Kier alpha value is -2.60. The zero-order chi connectivity index (χ0) is 24.2. The summed E-state index contributed by atoms with van der Waals surface area (Å²) < 4.78 is 8.05. The van der Waals surface area contributed by atoms with Crippen LogP contribution in [0.2, 0.25) is 5.02 Å². The maximum absolute atomic E-state index is 12.6. The van der Waals surface area contributed by atoms with E-state index in [9.17, 15) is 9.59 Å². The number of hydrogen-bond donors (Lipinski definition) is 2. The predicted molar refractivity (Wildman–Crippen MR) is 143 cm³/mol. The number of anilines is 3. The molecule has 2 N–H and O–H groups in total. The van der Waals surface area contributed by atoms with Crippen LogP contribution < -0.4 is 25.8 Å². The van der Waals surface area contributed by atoms with Gasteiger partial charge >= 0.3 is 0 Å². The standard InChI is InChI=1S/C23H26ClIN6O3/c1-26-20(32)13-34-19-9-15-8-16(5-6-18(15)30(2)22(19)33)28-21-17(24)11-27-23(29-21)31-7-3-4-14(10-25)12-31/h5-6,8-9,11,14H,3-4,7,10,12-13H2,1-2H3,(H,26,32)(H,27,28,29). The highest BCUT2D eigenvalue weighted by atomic mass is 127. The number of rotatable bonds is 7. The highest BCUT2D eigenvalue weighted by molar-refractivity contribution is 14.1. The maximum atomic E-state index is 12.6. The van der Waals surface area contributed by atoms with E-state index in [4.69, 9.17) is 21.3 Å². The van der Waals surface area contributed by atoms with Crippen LogP contribution in [0.3, 0.4) is 0 Å². The zero-order valence-electron chi connectivity index (χ0n) is 19.0. The number of carbonyl (C=O) groups excluding carboxylic acids is 1. The lowest BCUT2D eigenvalue weighted by atomic mass is 10.0. The Morgan fingerprint density at radius 3 is 2.94 bits per heavy atom. The van der Waals surface area contributed by atoms with Gasteiger partial charge in [-0.25, -0.2) is 4.98 Å². The molecule has 1 atom stereocenters. The van der Waals surface area contributed by atoms with Crippen molar-refractivity contribution in [2.75, 3.05) is 41.4 Å². The van der Waals surface area contributed by atoms with Gasteiger partial charge in [0.25, 0.3) is 11.5 Å². The van der Waals surface area contributed by atoms with Crippen LogP contribution in [-0.4, -0.2) is 51.6 Å². The number of amides is 1. The third kappa shape index (κ3) is 5.38. The zero-order valence-corrected chi connectivity index (χ0v) is 21.9. The number of nitrogens with zero attached hydrogens (tertiary/aromatic N) is 4. The third-order valence-corrected chi connectivity index (χ3v) is 7.36. The second kappa shape index (κ2) is 10.8. The predicted octanol–water partition coefficient (Wildman–Crippen LogP) is 3.50. The minimum absolute atomic E-state index is 0.105. The molecular weight excluding hydrogens is 571 g/mol. The Labute approximate surface area is 216 Å². The van der Waals surface area contributed by atoms with E-state index in [0.717, 1.165) is 40.5 Å². The molecule has 3 heterocycles. The molecule has 9 nitrogen and oxygen atoms in total. The van der Waals surface area contributed by atoms with Gasteiger partial charge in [0.1, 0.15) is 5.02 Å². The molecule has 1 saturated heterocycles. The topological polar surface area (TPSA) is 101 Å². The summed E-state index contributed by atoms with van der Waals surface area (Å²) in [6.07, 6.45) is 3.97. The molecular formula is C23H26ClIN6O3. The molecule has 1 unspecified atom stereocenters. The van der Waals surface area contributed by atoms with E-state index in [-0.39, 0.29) is 23.8 Å². The molecule has 1 aliphatic heterocycles. The van der Waals surface area contributed by atoms with Crippen molar-refractivity contribution in [3.63, 3.8) is 0 Å². The second-order valence-electron chi connectivity index (χ2n) is 8.21. The number of nitrogens with one attached hydrogen (secondary N) is 2. The highest BCUT2D eigenvalue weighted by Crippen LogP contribution is 2.29. The molecule has 4 rings (SSSR count). The fourth-order valence-electron chi connectivity index (χ4n) is 3.96. The molecule has 180 valence electrons. The van der Waals surface area contributed by atoms with Crippen molar-refractivity contribution in [1.29, 1.82) is 0 Å². The van der Waals surface area contributed by atoms with Crippen molar-refractivity contribution in [1.82, 2.24) is 19.9 Å². The van der Waals surface area contributed by atoms with Crippen molar-refractivity contribution in [2.24, 2.45) is 13.0 Å². The highest BCUT2D eigenvalue weighted by Gasteiger charge is 2.22. The molecule has 3 aromatic rings. The van der Waals surface area contributed by atoms with Crippen LogP contribution in [0.5, 0.6) is 5.75 Å². The SMILES string of the molecule is CNC(=O)COc1cc2cc(Nc3nc(N4CCCC(CI)C4)ncc3Cl)ccc2n(C)c1=O. The Morgan fingerprint density at radius 1 is 1.35 bits per heavy atom. The first-order valence-corrected chi connectivity index (χ1v) is 12.9. The lowest BCUT2D eigenvalue weighted by molar-refractivity contribution is -0.122. The van der Waals surface area contributed by atoms with E-state index in [1.807, 2.05) is 18.2 Å². The van der Waals surface area contributed by atoms with Gasteiger partial charge < -0.3 is 24.8 Å². The van der Waals surface area contributed by atoms with Crippen molar-refractivity contribution in [2.45, 2.75) is 12.8 Å². The smallest absolute Gasteiger partial charge is 0.293 e. The van der Waals surface area contributed by atoms with Crippen LogP contribution >= 0.6 is 34.2 Å². The number of likely N-dealkylation sites (N-methyl/N-ethyl adjacent to an activating group) is 1. The van der Waals surface area contributed by atoms with E-state index in [1.165, 1.54) is 18.0 Å². The quantitative estimate of drug-likeness (QED) is 0.318. The Morgan fingerprint density at radius 2 is 2.18 bits per heavy atom. The average molecular weight is 597 g/mol. The molecule has 0 bridgehead atoms. The van der Waals surface area contributed by atoms with E-state index >= 15 is 0 Å². The average Bonchev–Trinajstić information content (AvgIpc) is 2.86. The summed E-state index contributed by atoms with van der Waals surface area (Å²) in [5.41, 5.74) is 1.17. The van der Waals surface area contributed by atoms with E-state index in [0.29, 0.717) is 22.7 Å². The van der Waals surface area contributed by atoms with Crippen LogP contribution in [0.15, 0.2) is 35.3 Å². The van der Waals surface area contributed by atoms with Crippen molar-refractivity contribution in [3.05, 3.63) is 45.8 Å². The van der Waals surface area contributed by atoms with Crippen LogP contribution in [0.4, 0.5) is 17.5 Å². The summed E-state index contributed by atoms with van der Waals surface area (Å²) in [7, 11) is 3.18. The number of ether oxygens (including phenoxy) is 1. The van der Waals surface area contributed by atoms with Gasteiger partial charge in [-0.2, -0.15) is 4.98 Å². The number of hydrogen-bond acceptors (Lipinski definition) is 7. The number of halogens is 2. The van der Waals surface area contributed by atoms with E-state index < -0.39 is 0 Å². The number of aryl methyl sites for hydroxylation is 1. The summed E-state index contributed by atoms with van der Waals surface area (Å²) in [5, 5.41) is 6.94. The fraction of sp³-hybridized carbons (Fsp3) is 0.391. The fourth-order valence-corrected chi connectivity index (χ4v) is 4.81. The Balaban J connectivity index is 1.61. The minimum atomic E-state index is -0.315. The van der Waals surface area contributed by atoms with Crippen LogP contribution in [0.25, 0.3) is 10.9 Å². The molecule has 0 aliphatic carbocycles. The summed E-state index contributed by atoms with van der Waals surface area (Å²) in [6, 6.07) is 7.22. The number of pyridine rings is 1. The molecule has 1 amide bonds. The van der Waals surface area contributed by atoms with Crippen molar-refractivity contribution >= 4 is 68.5 Å². The van der Waals surface area contributed by atoms with Gasteiger partial charge in [-0.05, 0) is 43.0 Å². The first-order valence-electron chi connectivity index (χ1n) is 11.0. The number of aromatic nitrogens is 3.